The number of benzene rings is 2. The Morgan fingerprint density at radius 3 is 2.93 bits per heavy atom. The number of nitrogens with one attached hydrogen (secondary N) is 1. The van der Waals surface area contributed by atoms with E-state index in [1.807, 2.05) is 55.9 Å². The number of aromatic nitrogens is 1. The Labute approximate surface area is 168 Å². The van der Waals surface area contributed by atoms with Crippen molar-refractivity contribution in [2.24, 2.45) is 0 Å². The third-order valence-electron chi connectivity index (χ3n) is 4.92. The van der Waals surface area contributed by atoms with Crippen molar-refractivity contribution in [3.63, 3.8) is 0 Å². The van der Waals surface area contributed by atoms with Gasteiger partial charge in [0.1, 0.15) is 18.1 Å². The smallest absolute Gasteiger partial charge is 0.251 e. The van der Waals surface area contributed by atoms with E-state index in [2.05, 4.69) is 22.6 Å². The van der Waals surface area contributed by atoms with E-state index >= 15 is 0 Å². The van der Waals surface area contributed by atoms with E-state index in [1.54, 1.807) is 6.07 Å². The summed E-state index contributed by atoms with van der Waals surface area (Å²) in [5.74, 6) is 2.31. The summed E-state index contributed by atoms with van der Waals surface area (Å²) < 4.78 is 11.0. The fourth-order valence-corrected chi connectivity index (χ4v) is 4.45. The molecule has 28 heavy (non-hydrogen) atoms. The molecule has 2 aromatic carbocycles. The largest absolute Gasteiger partial charge is 0.489 e. The molecule has 1 N–H and O–H groups in total. The predicted molar refractivity (Wildman–Crippen MR) is 109 cm³/mol. The van der Waals surface area contributed by atoms with Gasteiger partial charge in [-0.3, -0.25) is 4.79 Å². The zero-order chi connectivity index (χ0) is 19.5. The van der Waals surface area contributed by atoms with Crippen molar-refractivity contribution in [2.75, 3.05) is 5.75 Å². The number of ether oxygens (including phenoxy) is 1. The summed E-state index contributed by atoms with van der Waals surface area (Å²) >= 11 is 1.84. The van der Waals surface area contributed by atoms with Crippen LogP contribution >= 0.6 is 11.8 Å². The molecule has 4 rings (SSSR count). The van der Waals surface area contributed by atoms with E-state index in [0.717, 1.165) is 29.2 Å². The molecule has 5 nitrogen and oxygen atoms in total. The van der Waals surface area contributed by atoms with Crippen LogP contribution in [0.4, 0.5) is 0 Å². The van der Waals surface area contributed by atoms with E-state index in [4.69, 9.17) is 9.26 Å². The molecule has 0 fully saturated rings. The van der Waals surface area contributed by atoms with Gasteiger partial charge in [0.05, 0.1) is 17.3 Å². The molecule has 3 aromatic rings. The molecular weight excluding hydrogens is 372 g/mol. The zero-order valence-electron chi connectivity index (χ0n) is 15.9. The second kappa shape index (κ2) is 8.10. The van der Waals surface area contributed by atoms with E-state index in [0.29, 0.717) is 17.9 Å². The van der Waals surface area contributed by atoms with Gasteiger partial charge in [-0.25, -0.2) is 0 Å². The number of aryl methyl sites for hydroxylation is 2. The van der Waals surface area contributed by atoms with Crippen LogP contribution in [0.1, 0.15) is 45.4 Å². The first-order valence-electron chi connectivity index (χ1n) is 9.29. The van der Waals surface area contributed by atoms with Crippen LogP contribution in [0.3, 0.4) is 0 Å². The maximum atomic E-state index is 12.8. The summed E-state index contributed by atoms with van der Waals surface area (Å²) in [7, 11) is 0. The van der Waals surface area contributed by atoms with Gasteiger partial charge in [0.2, 0.25) is 0 Å². The number of carbonyl (C=O) groups is 1. The molecule has 1 amide bonds. The Morgan fingerprint density at radius 2 is 2.11 bits per heavy atom. The van der Waals surface area contributed by atoms with Gasteiger partial charge in [0, 0.05) is 16.2 Å². The molecule has 0 saturated carbocycles. The molecule has 0 bridgehead atoms. The number of nitrogens with zero attached hydrogens (tertiary/aromatic N) is 1. The molecule has 1 atom stereocenters. The third-order valence-corrected chi connectivity index (χ3v) is 6.05. The van der Waals surface area contributed by atoms with E-state index in [9.17, 15) is 4.79 Å². The number of thioether (sulfide) groups is 1. The summed E-state index contributed by atoms with van der Waals surface area (Å²) in [5, 5.41) is 7.11. The highest BCUT2D eigenvalue weighted by Crippen LogP contribution is 2.36. The Bertz CT molecular complexity index is 979. The maximum absolute atomic E-state index is 12.8. The van der Waals surface area contributed by atoms with Crippen LogP contribution in [0, 0.1) is 13.8 Å². The standard InChI is InChI=1S/C22H22N2O3S/c1-14-19(15(2)27-24-14)13-26-17-7-5-6-16(12-17)22(25)23-20-10-11-28-21-9-4-3-8-18(20)21/h3-9,12,20H,10-11,13H2,1-2H3,(H,23,25)/t20-/m0/s1. The molecule has 0 spiro atoms. The van der Waals surface area contributed by atoms with Gasteiger partial charge < -0.3 is 14.6 Å². The van der Waals surface area contributed by atoms with Crippen molar-refractivity contribution in [2.45, 2.75) is 37.8 Å². The number of rotatable bonds is 5. The highest BCUT2D eigenvalue weighted by molar-refractivity contribution is 7.99. The topological polar surface area (TPSA) is 64.4 Å². The summed E-state index contributed by atoms with van der Waals surface area (Å²) in [6.07, 6.45) is 0.926. The average Bonchev–Trinajstić information content (AvgIpc) is 3.04. The molecule has 144 valence electrons. The Kier molecular flexibility index (Phi) is 5.39. The molecule has 6 heteroatoms. The lowest BCUT2D eigenvalue weighted by molar-refractivity contribution is 0.0934. The van der Waals surface area contributed by atoms with Gasteiger partial charge >= 0.3 is 0 Å². The molecule has 0 saturated heterocycles. The van der Waals surface area contributed by atoms with Crippen LogP contribution in [0.2, 0.25) is 0 Å². The van der Waals surface area contributed by atoms with Crippen LogP contribution in [0.25, 0.3) is 0 Å². The number of carbonyl (C=O) groups excluding carboxylic acids is 1. The Balaban J connectivity index is 1.45. The molecule has 1 aliphatic heterocycles. The van der Waals surface area contributed by atoms with E-state index in [-0.39, 0.29) is 11.9 Å². The minimum Gasteiger partial charge on any atom is -0.489 e. The van der Waals surface area contributed by atoms with Crippen molar-refractivity contribution in [1.82, 2.24) is 10.5 Å². The normalized spacial score (nSPS) is 15.7. The van der Waals surface area contributed by atoms with Gasteiger partial charge in [-0.1, -0.05) is 29.4 Å². The summed E-state index contributed by atoms with van der Waals surface area (Å²) in [4.78, 5) is 14.1. The average molecular weight is 394 g/mol. The van der Waals surface area contributed by atoms with Gasteiger partial charge in [-0.05, 0) is 50.1 Å². The lowest BCUT2D eigenvalue weighted by Gasteiger charge is -2.26. The number of hydrogen-bond acceptors (Lipinski definition) is 5. The predicted octanol–water partition coefficient (Wildman–Crippen LogP) is 4.84. The highest BCUT2D eigenvalue weighted by Gasteiger charge is 2.22. The SMILES string of the molecule is Cc1noc(C)c1COc1cccc(C(=O)N[C@H]2CCSc3ccccc32)c1. The van der Waals surface area contributed by atoms with Gasteiger partial charge in [0.15, 0.2) is 0 Å². The number of fused-ring (bicyclic) bond motifs is 1. The first kappa shape index (κ1) is 18.6. The van der Waals surface area contributed by atoms with Gasteiger partial charge in [-0.2, -0.15) is 0 Å². The second-order valence-electron chi connectivity index (χ2n) is 6.82. The quantitative estimate of drug-likeness (QED) is 0.671. The molecule has 1 aliphatic rings. The highest BCUT2D eigenvalue weighted by atomic mass is 32.2. The number of amides is 1. The molecule has 0 radical (unpaired) electrons. The molecular formula is C22H22N2O3S. The molecule has 2 heterocycles. The van der Waals surface area contributed by atoms with Crippen molar-refractivity contribution < 1.29 is 14.1 Å². The fourth-order valence-electron chi connectivity index (χ4n) is 3.32. The Hall–Kier alpha value is -2.73. The van der Waals surface area contributed by atoms with Crippen molar-refractivity contribution in [3.8, 4) is 5.75 Å². The maximum Gasteiger partial charge on any atom is 0.251 e. The number of hydrogen-bond donors (Lipinski definition) is 1. The first-order chi connectivity index (χ1) is 13.6. The van der Waals surface area contributed by atoms with Gasteiger partial charge in [-0.15, -0.1) is 11.8 Å². The minimum atomic E-state index is -0.0884. The fraction of sp³-hybridized carbons (Fsp3) is 0.273. The molecule has 0 aliphatic carbocycles. The first-order valence-corrected chi connectivity index (χ1v) is 10.3. The summed E-state index contributed by atoms with van der Waals surface area (Å²) in [5.41, 5.74) is 3.54. The van der Waals surface area contributed by atoms with Crippen molar-refractivity contribution in [3.05, 3.63) is 76.7 Å². The van der Waals surface area contributed by atoms with Crippen molar-refractivity contribution in [1.29, 1.82) is 0 Å². The van der Waals surface area contributed by atoms with Crippen molar-refractivity contribution >= 4 is 17.7 Å². The molecule has 0 unspecified atom stereocenters. The van der Waals surface area contributed by atoms with Crippen LogP contribution in [0.15, 0.2) is 57.9 Å². The second-order valence-corrected chi connectivity index (χ2v) is 7.96. The lowest BCUT2D eigenvalue weighted by Crippen LogP contribution is -2.30. The summed E-state index contributed by atoms with van der Waals surface area (Å²) in [6.45, 7) is 4.11. The van der Waals surface area contributed by atoms with Crippen LogP contribution in [0.5, 0.6) is 5.75 Å². The van der Waals surface area contributed by atoms with Gasteiger partial charge in [0.25, 0.3) is 5.91 Å². The minimum absolute atomic E-state index is 0.0387. The Morgan fingerprint density at radius 1 is 1.25 bits per heavy atom. The third kappa shape index (κ3) is 3.92. The van der Waals surface area contributed by atoms with E-state index in [1.165, 1.54) is 10.5 Å². The zero-order valence-corrected chi connectivity index (χ0v) is 16.7. The van der Waals surface area contributed by atoms with Crippen LogP contribution in [-0.4, -0.2) is 16.8 Å². The monoisotopic (exact) mass is 394 g/mol. The molecule has 1 aromatic heterocycles. The lowest BCUT2D eigenvalue weighted by atomic mass is 10.0. The summed E-state index contributed by atoms with van der Waals surface area (Å²) in [6, 6.07) is 15.6. The van der Waals surface area contributed by atoms with Crippen LogP contribution < -0.4 is 10.1 Å². The van der Waals surface area contributed by atoms with E-state index < -0.39 is 0 Å². The van der Waals surface area contributed by atoms with Crippen LogP contribution in [-0.2, 0) is 6.61 Å².